The molecule has 0 saturated carbocycles. The predicted octanol–water partition coefficient (Wildman–Crippen LogP) is 4.41. The first-order chi connectivity index (χ1) is 16.4. The van der Waals surface area contributed by atoms with Gasteiger partial charge in [-0.25, -0.2) is 8.42 Å². The van der Waals surface area contributed by atoms with Crippen molar-refractivity contribution in [1.82, 2.24) is 4.90 Å². The lowest BCUT2D eigenvalue weighted by atomic mass is 10.1. The predicted molar refractivity (Wildman–Crippen MR) is 133 cm³/mol. The van der Waals surface area contributed by atoms with Gasteiger partial charge in [0.2, 0.25) is 5.91 Å². The Hall–Kier alpha value is -3.36. The van der Waals surface area contributed by atoms with Crippen LogP contribution >= 0.6 is 11.6 Å². The van der Waals surface area contributed by atoms with Crippen molar-refractivity contribution >= 4 is 44.8 Å². The molecule has 0 bridgehead atoms. The molecule has 3 aromatic rings. The number of hydrogen-bond acceptors (Lipinski definition) is 4. The molecule has 1 saturated heterocycles. The molecule has 3 aromatic carbocycles. The molecule has 1 heterocycles. The number of hydrogen-bond donors (Lipinski definition) is 1. The Balaban J connectivity index is 1.62. The number of nitrogens with one attached hydrogen (secondary N) is 1. The van der Waals surface area contributed by atoms with E-state index in [1.165, 1.54) is 18.2 Å². The van der Waals surface area contributed by atoms with Crippen LogP contribution in [0.4, 0.5) is 11.4 Å². The van der Waals surface area contributed by atoms with Crippen LogP contribution < -0.4 is 9.62 Å². The zero-order chi connectivity index (χ0) is 24.1. The van der Waals surface area contributed by atoms with Gasteiger partial charge in [0, 0.05) is 18.1 Å². The summed E-state index contributed by atoms with van der Waals surface area (Å²) in [6, 6.07) is 20.9. The molecule has 0 spiro atoms. The molecule has 1 aliphatic heterocycles. The van der Waals surface area contributed by atoms with E-state index in [9.17, 15) is 18.0 Å². The van der Waals surface area contributed by atoms with Gasteiger partial charge in [-0.3, -0.25) is 13.9 Å². The number of halogens is 1. The van der Waals surface area contributed by atoms with Crippen molar-refractivity contribution < 1.29 is 18.0 Å². The van der Waals surface area contributed by atoms with Crippen LogP contribution in [0.25, 0.3) is 0 Å². The van der Waals surface area contributed by atoms with E-state index in [1.54, 1.807) is 65.6 Å². The minimum atomic E-state index is -4.06. The van der Waals surface area contributed by atoms with Gasteiger partial charge in [-0.2, -0.15) is 0 Å². The van der Waals surface area contributed by atoms with E-state index in [2.05, 4.69) is 5.32 Å². The van der Waals surface area contributed by atoms with Crippen LogP contribution in [0.3, 0.4) is 0 Å². The maximum Gasteiger partial charge on any atom is 0.264 e. The van der Waals surface area contributed by atoms with E-state index in [0.29, 0.717) is 29.4 Å². The summed E-state index contributed by atoms with van der Waals surface area (Å²) in [5, 5.41) is 3.07. The minimum Gasteiger partial charge on any atom is -0.339 e. The Kier molecular flexibility index (Phi) is 7.19. The van der Waals surface area contributed by atoms with Crippen molar-refractivity contribution in [2.45, 2.75) is 17.7 Å². The highest BCUT2D eigenvalue weighted by Gasteiger charge is 2.28. The number of rotatable bonds is 7. The SMILES string of the molecule is O=C(CN(c1cccc(Cl)c1)S(=O)(=O)c1ccccc1)Nc1ccccc1C(=O)N1CCCC1. The van der Waals surface area contributed by atoms with Crippen LogP contribution in [0.5, 0.6) is 0 Å². The number of benzene rings is 3. The second-order valence-corrected chi connectivity index (χ2v) is 10.2. The number of sulfonamides is 1. The molecule has 1 fully saturated rings. The molecule has 2 amide bonds. The van der Waals surface area contributed by atoms with Crippen LogP contribution in [-0.2, 0) is 14.8 Å². The van der Waals surface area contributed by atoms with E-state index < -0.39 is 22.5 Å². The Morgan fingerprint density at radius 1 is 0.912 bits per heavy atom. The Labute approximate surface area is 204 Å². The summed E-state index contributed by atoms with van der Waals surface area (Å²) in [5.41, 5.74) is 0.971. The van der Waals surface area contributed by atoms with Gasteiger partial charge >= 0.3 is 0 Å². The van der Waals surface area contributed by atoms with Gasteiger partial charge in [0.25, 0.3) is 15.9 Å². The van der Waals surface area contributed by atoms with Crippen molar-refractivity contribution in [2.75, 3.05) is 29.3 Å². The topological polar surface area (TPSA) is 86.8 Å². The normalized spacial score (nSPS) is 13.5. The molecule has 1 N–H and O–H groups in total. The molecule has 9 heteroatoms. The first kappa shape index (κ1) is 23.8. The lowest BCUT2D eigenvalue weighted by Gasteiger charge is -2.24. The summed E-state index contributed by atoms with van der Waals surface area (Å²) < 4.78 is 27.9. The number of nitrogens with zero attached hydrogens (tertiary/aromatic N) is 2. The number of amides is 2. The van der Waals surface area contributed by atoms with Gasteiger partial charge in [0.15, 0.2) is 0 Å². The van der Waals surface area contributed by atoms with Crippen LogP contribution in [-0.4, -0.2) is 44.8 Å². The quantitative estimate of drug-likeness (QED) is 0.524. The van der Waals surface area contributed by atoms with Gasteiger partial charge < -0.3 is 10.2 Å². The highest BCUT2D eigenvalue weighted by Crippen LogP contribution is 2.27. The molecule has 1 aliphatic rings. The van der Waals surface area contributed by atoms with Crippen molar-refractivity contribution in [3.05, 3.63) is 89.4 Å². The van der Waals surface area contributed by atoms with Crippen molar-refractivity contribution in [2.24, 2.45) is 0 Å². The summed E-state index contributed by atoms with van der Waals surface area (Å²) in [6.45, 7) is 0.863. The van der Waals surface area contributed by atoms with Gasteiger partial charge in [-0.1, -0.05) is 48.0 Å². The number of likely N-dealkylation sites (tertiary alicyclic amines) is 1. The van der Waals surface area contributed by atoms with Crippen LogP contribution in [0.1, 0.15) is 23.2 Å². The highest BCUT2D eigenvalue weighted by molar-refractivity contribution is 7.92. The molecule has 4 rings (SSSR count). The number of para-hydroxylation sites is 1. The lowest BCUT2D eigenvalue weighted by Crippen LogP contribution is -2.38. The third-order valence-electron chi connectivity index (χ3n) is 5.54. The average molecular weight is 498 g/mol. The van der Waals surface area contributed by atoms with Crippen molar-refractivity contribution in [3.8, 4) is 0 Å². The molecule has 0 aromatic heterocycles. The van der Waals surface area contributed by atoms with E-state index in [0.717, 1.165) is 17.1 Å². The number of anilines is 2. The summed E-state index contributed by atoms with van der Waals surface area (Å²) in [4.78, 5) is 27.8. The molecule has 0 unspecified atom stereocenters. The molecule has 0 atom stereocenters. The molecular formula is C25H24ClN3O4S. The fourth-order valence-electron chi connectivity index (χ4n) is 3.86. The first-order valence-corrected chi connectivity index (χ1v) is 12.7. The average Bonchev–Trinajstić information content (AvgIpc) is 3.38. The van der Waals surface area contributed by atoms with Crippen molar-refractivity contribution in [3.63, 3.8) is 0 Å². The smallest absolute Gasteiger partial charge is 0.264 e. The Morgan fingerprint density at radius 3 is 2.29 bits per heavy atom. The number of carbonyl (C=O) groups is 2. The molecule has 0 radical (unpaired) electrons. The molecule has 7 nitrogen and oxygen atoms in total. The molecule has 34 heavy (non-hydrogen) atoms. The largest absolute Gasteiger partial charge is 0.339 e. The standard InChI is InChI=1S/C25H24ClN3O4S/c26-19-9-8-10-20(17-19)29(34(32,33)21-11-2-1-3-12-21)18-24(30)27-23-14-5-4-13-22(23)25(31)28-15-6-7-16-28/h1-5,8-14,17H,6-7,15-16,18H2,(H,27,30). The van der Waals surface area contributed by atoms with E-state index in [4.69, 9.17) is 11.6 Å². The Bertz CT molecular complexity index is 1290. The summed E-state index contributed by atoms with van der Waals surface area (Å²) in [6.07, 6.45) is 1.90. The third kappa shape index (κ3) is 5.24. The summed E-state index contributed by atoms with van der Waals surface area (Å²) in [7, 11) is -4.06. The fourth-order valence-corrected chi connectivity index (χ4v) is 5.47. The monoisotopic (exact) mass is 497 g/mol. The summed E-state index contributed by atoms with van der Waals surface area (Å²) >= 11 is 6.10. The fraction of sp³-hybridized carbons (Fsp3) is 0.200. The Morgan fingerprint density at radius 2 is 1.59 bits per heavy atom. The minimum absolute atomic E-state index is 0.0485. The van der Waals surface area contributed by atoms with E-state index in [1.807, 2.05) is 0 Å². The summed E-state index contributed by atoms with van der Waals surface area (Å²) in [5.74, 6) is -0.738. The lowest BCUT2D eigenvalue weighted by molar-refractivity contribution is -0.114. The van der Waals surface area contributed by atoms with Gasteiger partial charge in [0.1, 0.15) is 6.54 Å². The van der Waals surface area contributed by atoms with Crippen molar-refractivity contribution in [1.29, 1.82) is 0 Å². The van der Waals surface area contributed by atoms with Gasteiger partial charge in [0.05, 0.1) is 21.8 Å². The maximum absolute atomic E-state index is 13.4. The van der Waals surface area contributed by atoms with E-state index in [-0.39, 0.29) is 16.5 Å². The van der Waals surface area contributed by atoms with Crippen LogP contribution in [0.15, 0.2) is 83.8 Å². The van der Waals surface area contributed by atoms with Crippen LogP contribution in [0.2, 0.25) is 5.02 Å². The van der Waals surface area contributed by atoms with Gasteiger partial charge in [-0.15, -0.1) is 0 Å². The third-order valence-corrected chi connectivity index (χ3v) is 7.56. The second kappa shape index (κ2) is 10.3. The molecular weight excluding hydrogens is 474 g/mol. The maximum atomic E-state index is 13.4. The first-order valence-electron chi connectivity index (χ1n) is 10.9. The molecule has 0 aliphatic carbocycles. The zero-order valence-corrected chi connectivity index (χ0v) is 19.9. The highest BCUT2D eigenvalue weighted by atomic mass is 35.5. The second-order valence-electron chi connectivity index (χ2n) is 7.90. The number of carbonyl (C=O) groups excluding carboxylic acids is 2. The van der Waals surface area contributed by atoms with Crippen LogP contribution in [0, 0.1) is 0 Å². The van der Waals surface area contributed by atoms with Gasteiger partial charge in [-0.05, 0) is 55.3 Å². The zero-order valence-electron chi connectivity index (χ0n) is 18.4. The molecule has 176 valence electrons. The van der Waals surface area contributed by atoms with E-state index >= 15 is 0 Å².